The van der Waals surface area contributed by atoms with Gasteiger partial charge in [-0.1, -0.05) is 11.6 Å². The maximum atomic E-state index is 13.7. The van der Waals surface area contributed by atoms with Gasteiger partial charge in [-0.05, 0) is 43.4 Å². The second-order valence-corrected chi connectivity index (χ2v) is 4.48. The topological polar surface area (TPSA) is 15.8 Å². The molecule has 1 heterocycles. The van der Waals surface area contributed by atoms with E-state index in [1.54, 1.807) is 6.07 Å². The molecule has 1 N–H and O–H groups in total. The van der Waals surface area contributed by atoms with Crippen LogP contribution in [0.5, 0.6) is 0 Å². The normalized spacial score (nSPS) is 15.6. The van der Waals surface area contributed by atoms with Crippen LogP contribution in [0.25, 0.3) is 10.9 Å². The second kappa shape index (κ2) is 3.24. The number of halogens is 2. The van der Waals surface area contributed by atoms with Crippen LogP contribution in [0.3, 0.4) is 0 Å². The van der Waals surface area contributed by atoms with Gasteiger partial charge < -0.3 is 4.98 Å². The van der Waals surface area contributed by atoms with Gasteiger partial charge in [-0.2, -0.15) is 0 Å². The largest absolute Gasteiger partial charge is 0.357 e. The van der Waals surface area contributed by atoms with Crippen LogP contribution in [-0.2, 0) is 12.8 Å². The fourth-order valence-electron chi connectivity index (χ4n) is 2.44. The van der Waals surface area contributed by atoms with Gasteiger partial charge in [-0.3, -0.25) is 0 Å². The number of benzene rings is 1. The number of fused-ring (bicyclic) bond motifs is 3. The Morgan fingerprint density at radius 1 is 1.20 bits per heavy atom. The van der Waals surface area contributed by atoms with E-state index in [1.165, 1.54) is 18.2 Å². The summed E-state index contributed by atoms with van der Waals surface area (Å²) in [6.45, 7) is 0. The highest BCUT2D eigenvalue weighted by molar-refractivity contribution is 6.35. The number of hydrogen-bond donors (Lipinski definition) is 1. The van der Waals surface area contributed by atoms with Crippen molar-refractivity contribution in [3.8, 4) is 0 Å². The molecule has 0 atom stereocenters. The van der Waals surface area contributed by atoms with E-state index < -0.39 is 0 Å². The zero-order valence-corrected chi connectivity index (χ0v) is 8.99. The van der Waals surface area contributed by atoms with Crippen molar-refractivity contribution in [2.45, 2.75) is 25.7 Å². The van der Waals surface area contributed by atoms with Crippen LogP contribution in [0.1, 0.15) is 24.1 Å². The van der Waals surface area contributed by atoms with E-state index in [2.05, 4.69) is 4.98 Å². The minimum absolute atomic E-state index is 0.159. The Bertz CT molecular complexity index is 530. The Hall–Kier alpha value is -1.02. The number of nitrogens with one attached hydrogen (secondary N) is 1. The van der Waals surface area contributed by atoms with Crippen molar-refractivity contribution >= 4 is 22.5 Å². The maximum absolute atomic E-state index is 13.7. The molecule has 0 unspecified atom stereocenters. The van der Waals surface area contributed by atoms with Crippen LogP contribution in [0.4, 0.5) is 4.39 Å². The van der Waals surface area contributed by atoms with Crippen LogP contribution in [0, 0.1) is 5.82 Å². The molecule has 1 aliphatic rings. The molecule has 0 saturated heterocycles. The average Bonchev–Trinajstić information content (AvgIpc) is 2.64. The Morgan fingerprint density at radius 2 is 2.00 bits per heavy atom. The van der Waals surface area contributed by atoms with E-state index in [1.807, 2.05) is 0 Å². The van der Waals surface area contributed by atoms with Crippen LogP contribution in [0.15, 0.2) is 12.1 Å². The van der Waals surface area contributed by atoms with E-state index in [0.717, 1.165) is 30.3 Å². The molecule has 2 aromatic rings. The van der Waals surface area contributed by atoms with Crippen molar-refractivity contribution in [1.82, 2.24) is 4.98 Å². The van der Waals surface area contributed by atoms with Gasteiger partial charge in [0.1, 0.15) is 5.82 Å². The standard InChI is InChI=1S/C12H11ClFN/c13-8-5-6-9(14)11-7-3-1-2-4-10(7)15-12(8)11/h5-6,15H,1-4H2. The Balaban J connectivity index is 2.41. The molecule has 0 radical (unpaired) electrons. The summed E-state index contributed by atoms with van der Waals surface area (Å²) in [5, 5.41) is 1.32. The lowest BCUT2D eigenvalue weighted by atomic mass is 9.95. The van der Waals surface area contributed by atoms with Crippen molar-refractivity contribution in [2.24, 2.45) is 0 Å². The Morgan fingerprint density at radius 3 is 2.87 bits per heavy atom. The first kappa shape index (κ1) is 9.22. The molecule has 0 bridgehead atoms. The van der Waals surface area contributed by atoms with E-state index in [4.69, 9.17) is 11.6 Å². The van der Waals surface area contributed by atoms with Gasteiger partial charge in [0, 0.05) is 11.1 Å². The van der Waals surface area contributed by atoms with Gasteiger partial charge in [0.25, 0.3) is 0 Å². The summed E-state index contributed by atoms with van der Waals surface area (Å²) < 4.78 is 13.7. The third kappa shape index (κ3) is 1.28. The molecule has 1 aromatic heterocycles. The number of aromatic amines is 1. The van der Waals surface area contributed by atoms with Gasteiger partial charge in [0.15, 0.2) is 0 Å². The number of aryl methyl sites for hydroxylation is 2. The summed E-state index contributed by atoms with van der Waals surface area (Å²) >= 11 is 6.05. The third-order valence-corrected chi connectivity index (χ3v) is 3.46. The summed E-state index contributed by atoms with van der Waals surface area (Å²) in [5.41, 5.74) is 3.07. The highest BCUT2D eigenvalue weighted by Gasteiger charge is 2.19. The first-order valence-electron chi connectivity index (χ1n) is 5.25. The SMILES string of the molecule is Fc1ccc(Cl)c2[nH]c3c(c12)CCCC3. The summed E-state index contributed by atoms with van der Waals surface area (Å²) in [5.74, 6) is -0.159. The molecule has 0 spiro atoms. The quantitative estimate of drug-likeness (QED) is 0.699. The molecular weight excluding hydrogens is 213 g/mol. The van der Waals surface area contributed by atoms with Crippen molar-refractivity contribution < 1.29 is 4.39 Å². The van der Waals surface area contributed by atoms with Gasteiger partial charge in [-0.25, -0.2) is 4.39 Å². The minimum Gasteiger partial charge on any atom is -0.357 e. The van der Waals surface area contributed by atoms with Crippen LogP contribution in [0.2, 0.25) is 5.02 Å². The molecule has 78 valence electrons. The van der Waals surface area contributed by atoms with Crippen molar-refractivity contribution in [3.05, 3.63) is 34.2 Å². The average molecular weight is 224 g/mol. The lowest BCUT2D eigenvalue weighted by molar-refractivity contribution is 0.635. The molecule has 1 nitrogen and oxygen atoms in total. The highest BCUT2D eigenvalue weighted by Crippen LogP contribution is 2.34. The second-order valence-electron chi connectivity index (χ2n) is 4.07. The third-order valence-electron chi connectivity index (χ3n) is 3.15. The molecule has 15 heavy (non-hydrogen) atoms. The first-order valence-corrected chi connectivity index (χ1v) is 5.62. The smallest absolute Gasteiger partial charge is 0.132 e. The number of rotatable bonds is 0. The zero-order valence-electron chi connectivity index (χ0n) is 8.24. The molecule has 3 heteroatoms. The minimum atomic E-state index is -0.159. The van der Waals surface area contributed by atoms with Crippen LogP contribution in [-0.4, -0.2) is 4.98 Å². The Kier molecular flexibility index (Phi) is 1.99. The molecule has 1 aromatic carbocycles. The fourth-order valence-corrected chi connectivity index (χ4v) is 2.64. The number of hydrogen-bond acceptors (Lipinski definition) is 0. The Labute approximate surface area is 92.2 Å². The van der Waals surface area contributed by atoms with Gasteiger partial charge in [-0.15, -0.1) is 0 Å². The molecule has 3 rings (SSSR count). The molecule has 1 aliphatic carbocycles. The van der Waals surface area contributed by atoms with Crippen LogP contribution < -0.4 is 0 Å². The van der Waals surface area contributed by atoms with E-state index in [9.17, 15) is 4.39 Å². The summed E-state index contributed by atoms with van der Waals surface area (Å²) in [7, 11) is 0. The van der Waals surface area contributed by atoms with Gasteiger partial charge >= 0.3 is 0 Å². The summed E-state index contributed by atoms with van der Waals surface area (Å²) in [6.07, 6.45) is 4.30. The lowest BCUT2D eigenvalue weighted by Crippen LogP contribution is -2.00. The van der Waals surface area contributed by atoms with Crippen LogP contribution >= 0.6 is 11.6 Å². The van der Waals surface area contributed by atoms with E-state index >= 15 is 0 Å². The van der Waals surface area contributed by atoms with Gasteiger partial charge in [0.2, 0.25) is 0 Å². The molecule has 0 aliphatic heterocycles. The number of H-pyrrole nitrogens is 1. The first-order chi connectivity index (χ1) is 7.27. The predicted octanol–water partition coefficient (Wildman–Crippen LogP) is 3.84. The van der Waals surface area contributed by atoms with E-state index in [0.29, 0.717) is 10.4 Å². The van der Waals surface area contributed by atoms with Gasteiger partial charge in [0.05, 0.1) is 10.5 Å². The lowest BCUT2D eigenvalue weighted by Gasteiger charge is -2.10. The zero-order chi connectivity index (χ0) is 10.4. The molecule has 0 amide bonds. The van der Waals surface area contributed by atoms with E-state index in [-0.39, 0.29) is 5.82 Å². The van der Waals surface area contributed by atoms with Crippen molar-refractivity contribution in [2.75, 3.05) is 0 Å². The predicted molar refractivity (Wildman–Crippen MR) is 59.9 cm³/mol. The maximum Gasteiger partial charge on any atom is 0.132 e. The number of aromatic nitrogens is 1. The highest BCUT2D eigenvalue weighted by atomic mass is 35.5. The molecular formula is C12H11ClFN. The molecule has 0 fully saturated rings. The monoisotopic (exact) mass is 223 g/mol. The van der Waals surface area contributed by atoms with Crippen molar-refractivity contribution in [3.63, 3.8) is 0 Å². The van der Waals surface area contributed by atoms with Crippen molar-refractivity contribution in [1.29, 1.82) is 0 Å². The molecule has 0 saturated carbocycles. The fraction of sp³-hybridized carbons (Fsp3) is 0.333. The summed E-state index contributed by atoms with van der Waals surface area (Å²) in [6, 6.07) is 3.06. The summed E-state index contributed by atoms with van der Waals surface area (Å²) in [4.78, 5) is 3.25.